The zero-order chi connectivity index (χ0) is 14.4. The maximum atomic E-state index is 11.7. The van der Waals surface area contributed by atoms with Gasteiger partial charge in [0.25, 0.3) is 5.91 Å². The highest BCUT2D eigenvalue weighted by molar-refractivity contribution is 9.10. The summed E-state index contributed by atoms with van der Waals surface area (Å²) in [4.78, 5) is 13.7. The van der Waals surface area contributed by atoms with Crippen LogP contribution in [0.2, 0.25) is 0 Å². The summed E-state index contributed by atoms with van der Waals surface area (Å²) in [6.07, 6.45) is 1.41. The predicted molar refractivity (Wildman–Crippen MR) is 78.8 cm³/mol. The average molecular weight is 342 g/mol. The second-order valence-electron chi connectivity index (χ2n) is 4.38. The fraction of sp³-hybridized carbons (Fsp3) is 0.385. The molecule has 1 aromatic rings. The number of hydrogen-bond donors (Lipinski definition) is 2. The molecule has 1 saturated heterocycles. The van der Waals surface area contributed by atoms with E-state index in [1.54, 1.807) is 18.2 Å². The Kier molecular flexibility index (Phi) is 5.51. The minimum atomic E-state index is -0.183. The molecule has 2 rings (SSSR count). The minimum Gasteiger partial charge on any atom is -0.507 e. The Balaban J connectivity index is 1.83. The summed E-state index contributed by atoms with van der Waals surface area (Å²) in [6, 6.07) is 5.00. The minimum absolute atomic E-state index is 0.111. The Morgan fingerprint density at radius 2 is 2.25 bits per heavy atom. The number of aromatic hydroxyl groups is 1. The number of nitrogens with one attached hydrogen (secondary N) is 1. The van der Waals surface area contributed by atoms with E-state index in [0.717, 1.165) is 17.6 Å². The lowest BCUT2D eigenvalue weighted by molar-refractivity contribution is -0.123. The highest BCUT2D eigenvalue weighted by atomic mass is 79.9. The molecule has 0 bridgehead atoms. The fourth-order valence-electron chi connectivity index (χ4n) is 1.80. The number of carbonyl (C=O) groups excluding carboxylic acids is 1. The number of ether oxygens (including phenoxy) is 1. The lowest BCUT2D eigenvalue weighted by Crippen LogP contribution is -2.42. The second-order valence-corrected chi connectivity index (χ2v) is 5.30. The molecule has 0 aliphatic carbocycles. The first-order valence-corrected chi connectivity index (χ1v) is 7.05. The van der Waals surface area contributed by atoms with Gasteiger partial charge in [0.15, 0.2) is 0 Å². The molecule has 1 aliphatic heterocycles. The van der Waals surface area contributed by atoms with E-state index in [2.05, 4.69) is 26.5 Å². The molecule has 2 N–H and O–H groups in total. The molecule has 0 atom stereocenters. The molecule has 7 heteroatoms. The maximum Gasteiger partial charge on any atom is 0.254 e. The summed E-state index contributed by atoms with van der Waals surface area (Å²) in [5.74, 6) is -0.0722. The van der Waals surface area contributed by atoms with Crippen LogP contribution >= 0.6 is 15.9 Å². The number of morpholine rings is 1. The van der Waals surface area contributed by atoms with Crippen molar-refractivity contribution in [1.29, 1.82) is 0 Å². The van der Waals surface area contributed by atoms with Gasteiger partial charge in [0.05, 0.1) is 26.0 Å². The van der Waals surface area contributed by atoms with E-state index >= 15 is 0 Å². The summed E-state index contributed by atoms with van der Waals surface area (Å²) in [6.45, 7) is 3.11. The first-order chi connectivity index (χ1) is 9.65. The number of phenols is 1. The van der Waals surface area contributed by atoms with Crippen LogP contribution in [0.5, 0.6) is 5.75 Å². The highest BCUT2D eigenvalue weighted by Gasteiger charge is 2.13. The number of halogens is 1. The average Bonchev–Trinajstić information content (AvgIpc) is 2.44. The van der Waals surface area contributed by atoms with Gasteiger partial charge in [-0.1, -0.05) is 15.9 Å². The van der Waals surface area contributed by atoms with E-state index in [0.29, 0.717) is 25.3 Å². The van der Waals surface area contributed by atoms with E-state index in [9.17, 15) is 9.90 Å². The smallest absolute Gasteiger partial charge is 0.254 e. The molecule has 1 aliphatic rings. The van der Waals surface area contributed by atoms with E-state index in [1.165, 1.54) is 6.21 Å². The molecule has 0 aromatic heterocycles. The molecule has 1 amide bonds. The van der Waals surface area contributed by atoms with Gasteiger partial charge in [-0.3, -0.25) is 9.69 Å². The van der Waals surface area contributed by atoms with Crippen molar-refractivity contribution in [3.63, 3.8) is 0 Å². The van der Waals surface area contributed by atoms with Gasteiger partial charge in [-0.05, 0) is 18.2 Å². The summed E-state index contributed by atoms with van der Waals surface area (Å²) < 4.78 is 6.04. The molecule has 20 heavy (non-hydrogen) atoms. The third kappa shape index (κ3) is 4.59. The van der Waals surface area contributed by atoms with Crippen LogP contribution in [0.15, 0.2) is 27.8 Å². The number of nitrogens with zero attached hydrogens (tertiary/aromatic N) is 2. The number of amides is 1. The van der Waals surface area contributed by atoms with E-state index < -0.39 is 0 Å². The summed E-state index contributed by atoms with van der Waals surface area (Å²) in [7, 11) is 0. The summed E-state index contributed by atoms with van der Waals surface area (Å²) >= 11 is 3.30. The number of phenolic OH excluding ortho intramolecular Hbond substituents is 1. The Morgan fingerprint density at radius 3 is 3.00 bits per heavy atom. The van der Waals surface area contributed by atoms with Crippen molar-refractivity contribution < 1.29 is 14.6 Å². The van der Waals surface area contributed by atoms with Gasteiger partial charge in [0.2, 0.25) is 0 Å². The normalized spacial score (nSPS) is 16.4. The molecule has 108 valence electrons. The summed E-state index contributed by atoms with van der Waals surface area (Å²) in [5, 5.41) is 13.5. The van der Waals surface area contributed by atoms with Crippen LogP contribution in [0, 0.1) is 0 Å². The van der Waals surface area contributed by atoms with Crippen LogP contribution in [0.3, 0.4) is 0 Å². The van der Waals surface area contributed by atoms with Crippen LogP contribution < -0.4 is 5.43 Å². The Bertz CT molecular complexity index is 502. The predicted octanol–water partition coefficient (Wildman–Crippen LogP) is 0.937. The SMILES string of the molecule is O=C(CN1CCOCC1)N/N=C/c1cc(Br)ccc1O. The monoisotopic (exact) mass is 341 g/mol. The van der Waals surface area contributed by atoms with E-state index in [1.807, 2.05) is 4.90 Å². The quantitative estimate of drug-likeness (QED) is 0.631. The third-order valence-electron chi connectivity index (χ3n) is 2.85. The van der Waals surface area contributed by atoms with Crippen molar-refractivity contribution >= 4 is 28.1 Å². The van der Waals surface area contributed by atoms with Crippen molar-refractivity contribution in [2.45, 2.75) is 0 Å². The van der Waals surface area contributed by atoms with Crippen molar-refractivity contribution in [3.8, 4) is 5.75 Å². The molecule has 0 unspecified atom stereocenters. The number of hydrazone groups is 1. The fourth-order valence-corrected chi connectivity index (χ4v) is 2.18. The second kappa shape index (κ2) is 7.37. The highest BCUT2D eigenvalue weighted by Crippen LogP contribution is 2.19. The Labute approximate surface area is 125 Å². The maximum absolute atomic E-state index is 11.7. The van der Waals surface area contributed by atoms with Crippen molar-refractivity contribution in [1.82, 2.24) is 10.3 Å². The van der Waals surface area contributed by atoms with E-state index in [4.69, 9.17) is 4.74 Å². The van der Waals surface area contributed by atoms with Crippen LogP contribution in [-0.2, 0) is 9.53 Å². The number of hydrogen-bond acceptors (Lipinski definition) is 5. The van der Waals surface area contributed by atoms with Crippen molar-refractivity contribution in [2.24, 2.45) is 5.10 Å². The Morgan fingerprint density at radius 1 is 1.50 bits per heavy atom. The van der Waals surface area contributed by atoms with Gasteiger partial charge in [0.1, 0.15) is 5.75 Å². The van der Waals surface area contributed by atoms with Gasteiger partial charge in [0, 0.05) is 23.1 Å². The van der Waals surface area contributed by atoms with Crippen molar-refractivity contribution in [3.05, 3.63) is 28.2 Å². The van der Waals surface area contributed by atoms with Crippen LogP contribution in [0.1, 0.15) is 5.56 Å². The first kappa shape index (κ1) is 15.0. The molecule has 0 spiro atoms. The van der Waals surface area contributed by atoms with Crippen LogP contribution in [-0.4, -0.2) is 55.0 Å². The lowest BCUT2D eigenvalue weighted by Gasteiger charge is -2.25. The number of benzene rings is 1. The molecule has 1 fully saturated rings. The standard InChI is InChI=1S/C13H16BrN3O3/c14-11-1-2-12(18)10(7-11)8-15-16-13(19)9-17-3-5-20-6-4-17/h1-2,7-8,18H,3-6,9H2,(H,16,19)/b15-8+. The molecule has 1 aromatic carbocycles. The largest absolute Gasteiger partial charge is 0.507 e. The molecular weight excluding hydrogens is 326 g/mol. The molecule has 1 heterocycles. The van der Waals surface area contributed by atoms with Gasteiger partial charge >= 0.3 is 0 Å². The van der Waals surface area contributed by atoms with E-state index in [-0.39, 0.29) is 11.7 Å². The number of carbonyl (C=O) groups is 1. The van der Waals surface area contributed by atoms with Gasteiger partial charge < -0.3 is 9.84 Å². The zero-order valence-electron chi connectivity index (χ0n) is 10.9. The Hall–Kier alpha value is -1.44. The van der Waals surface area contributed by atoms with Gasteiger partial charge in [-0.2, -0.15) is 5.10 Å². The molecule has 0 saturated carbocycles. The van der Waals surface area contributed by atoms with Crippen molar-refractivity contribution in [2.75, 3.05) is 32.8 Å². The molecule has 0 radical (unpaired) electrons. The third-order valence-corrected chi connectivity index (χ3v) is 3.35. The lowest BCUT2D eigenvalue weighted by atomic mass is 10.2. The molecular formula is C13H16BrN3O3. The first-order valence-electron chi connectivity index (χ1n) is 6.25. The van der Waals surface area contributed by atoms with Crippen LogP contribution in [0.25, 0.3) is 0 Å². The zero-order valence-corrected chi connectivity index (χ0v) is 12.5. The van der Waals surface area contributed by atoms with Gasteiger partial charge in [-0.15, -0.1) is 0 Å². The molecule has 6 nitrogen and oxygen atoms in total. The van der Waals surface area contributed by atoms with Crippen LogP contribution in [0.4, 0.5) is 0 Å². The summed E-state index contributed by atoms with van der Waals surface area (Å²) in [5.41, 5.74) is 2.98. The van der Waals surface area contributed by atoms with Gasteiger partial charge in [-0.25, -0.2) is 5.43 Å². The number of rotatable bonds is 4. The topological polar surface area (TPSA) is 74.2 Å².